The summed E-state index contributed by atoms with van der Waals surface area (Å²) in [5.41, 5.74) is -0.718. The van der Waals surface area contributed by atoms with Gasteiger partial charge in [0, 0.05) is 46.4 Å². The summed E-state index contributed by atoms with van der Waals surface area (Å²) < 4.78 is 48.7. The van der Waals surface area contributed by atoms with E-state index >= 15 is 0 Å². The average molecular weight is 1250 g/mol. The van der Waals surface area contributed by atoms with Crippen molar-refractivity contribution in [1.29, 1.82) is 5.26 Å². The molecule has 4 saturated carbocycles. The summed E-state index contributed by atoms with van der Waals surface area (Å²) in [6.45, 7) is 19.4. The molecule has 13 nitrogen and oxygen atoms in total. The number of carbonyl (C=O) groups excluding carboxylic acids is 1. The Kier molecular flexibility index (Phi) is 31.2. The van der Waals surface area contributed by atoms with Gasteiger partial charge in [-0.3, -0.25) is 8.98 Å². The van der Waals surface area contributed by atoms with Crippen LogP contribution in [0, 0.1) is 56.7 Å². The molecule has 18 heteroatoms. The summed E-state index contributed by atoms with van der Waals surface area (Å²) in [6.07, 6.45) is 12.0. The molecule has 4 aliphatic rings. The number of nitrogens with zero attached hydrogens (tertiary/aromatic N) is 1. The van der Waals surface area contributed by atoms with Gasteiger partial charge in [0.1, 0.15) is 23.0 Å². The van der Waals surface area contributed by atoms with E-state index in [4.69, 9.17) is 38.4 Å². The molecule has 2 unspecified atom stereocenters. The van der Waals surface area contributed by atoms with E-state index in [9.17, 15) is 18.6 Å². The van der Waals surface area contributed by atoms with Gasteiger partial charge >= 0.3 is 138 Å². The number of methoxy groups -OCH3 is 4. The van der Waals surface area contributed by atoms with Crippen molar-refractivity contribution in [3.8, 4) is 29.1 Å². The SMILES string of the molecule is CC#N.CC1(C)CCC[C@@]2(C)C1CC[C@@](C)(O)[C@@H]2COS(C)(=O)=O.COc1cc(OC)cc(SC[C@@H]2[C@@]3(C)CCCC(C)(C)C3CC[C@@]2(C)O)c1.COc1cc(S)cc(OC)c1.O=CO[O-].[Cs+].[Cs+].[H-]. The van der Waals surface area contributed by atoms with Crippen LogP contribution in [0.25, 0.3) is 0 Å². The third-order valence-corrected chi connectivity index (χ3v) is 17.0. The van der Waals surface area contributed by atoms with Crippen molar-refractivity contribution in [1.82, 2.24) is 0 Å². The van der Waals surface area contributed by atoms with Gasteiger partial charge < -0.3 is 40.7 Å². The topological polar surface area (TPSA) is 194 Å². The van der Waals surface area contributed by atoms with Crippen LogP contribution in [0.1, 0.15) is 128 Å². The first-order chi connectivity index (χ1) is 30.6. The Hall–Kier alpha value is 1.19. The Morgan fingerprint density at radius 1 is 0.735 bits per heavy atom. The van der Waals surface area contributed by atoms with Crippen molar-refractivity contribution in [2.75, 3.05) is 47.1 Å². The minimum atomic E-state index is -3.48. The quantitative estimate of drug-likeness (QED) is 0.0735. The van der Waals surface area contributed by atoms with Crippen molar-refractivity contribution in [3.63, 3.8) is 0 Å². The van der Waals surface area contributed by atoms with E-state index in [1.165, 1.54) is 32.6 Å². The van der Waals surface area contributed by atoms with Crippen molar-refractivity contribution in [2.45, 2.75) is 148 Å². The molecule has 0 spiro atoms. The van der Waals surface area contributed by atoms with Crippen molar-refractivity contribution in [3.05, 3.63) is 36.4 Å². The Labute approximate surface area is 538 Å². The molecule has 0 bridgehead atoms. The van der Waals surface area contributed by atoms with Gasteiger partial charge in [-0.1, -0.05) is 54.4 Å². The van der Waals surface area contributed by atoms with Gasteiger partial charge in [-0.05, 0) is 123 Å². The van der Waals surface area contributed by atoms with E-state index in [2.05, 4.69) is 78.1 Å². The molecule has 8 atom stereocenters. The number of thiol groups is 1. The van der Waals surface area contributed by atoms with E-state index in [-0.39, 0.29) is 180 Å². The molecule has 378 valence electrons. The van der Waals surface area contributed by atoms with E-state index < -0.39 is 21.3 Å². The van der Waals surface area contributed by atoms with Crippen LogP contribution in [0.3, 0.4) is 0 Å². The minimum absolute atomic E-state index is 0. The summed E-state index contributed by atoms with van der Waals surface area (Å²) in [7, 11) is 3.12. The average Bonchev–Trinajstić information content (AvgIpc) is 3.22. The molecule has 0 saturated heterocycles. The number of rotatable bonds is 11. The van der Waals surface area contributed by atoms with Crippen molar-refractivity contribution < 1.29 is 196 Å². The molecule has 0 aromatic heterocycles. The molecule has 2 N–H and O–H groups in total. The third kappa shape index (κ3) is 20.0. The fourth-order valence-corrected chi connectivity index (χ4v) is 14.2. The van der Waals surface area contributed by atoms with Crippen molar-refractivity contribution >= 4 is 41.0 Å². The maximum atomic E-state index is 11.4. The fourth-order valence-electron chi connectivity index (χ4n) is 12.0. The number of benzene rings is 2. The molecule has 0 heterocycles. The predicted molar refractivity (Wildman–Crippen MR) is 263 cm³/mol. The Morgan fingerprint density at radius 2 is 1.09 bits per heavy atom. The molecule has 4 fully saturated rings. The molecular formula is C50H81Cs2NO12S3. The zero-order chi connectivity index (χ0) is 50.4. The molecule has 68 heavy (non-hydrogen) atoms. The van der Waals surface area contributed by atoms with Crippen LogP contribution in [-0.2, 0) is 24.0 Å². The Bertz CT molecular complexity index is 1960. The van der Waals surface area contributed by atoms with Gasteiger partial charge in [-0.25, -0.2) is 0 Å². The smallest absolute Gasteiger partial charge is 1.00 e. The summed E-state index contributed by atoms with van der Waals surface area (Å²) in [5, 5.41) is 37.9. The maximum Gasteiger partial charge on any atom is 1.00 e. The van der Waals surface area contributed by atoms with Crippen molar-refractivity contribution in [2.24, 2.45) is 45.3 Å². The minimum Gasteiger partial charge on any atom is -1.00 e. The number of carbonyl (C=O) groups is 1. The van der Waals surface area contributed by atoms with E-state index in [0.29, 0.717) is 23.7 Å². The molecule has 2 aromatic rings. The Balaban J connectivity index is 0. The molecule has 4 aliphatic carbocycles. The first kappa shape index (κ1) is 69.2. The second-order valence-electron chi connectivity index (χ2n) is 20.5. The van der Waals surface area contributed by atoms with Gasteiger partial charge in [-0.2, -0.15) is 13.7 Å². The number of nitriles is 1. The van der Waals surface area contributed by atoms with Crippen LogP contribution in [0.5, 0.6) is 23.0 Å². The van der Waals surface area contributed by atoms with Crippen LogP contribution >= 0.6 is 24.4 Å². The summed E-state index contributed by atoms with van der Waals surface area (Å²) in [5.74, 6) is 5.40. The zero-order valence-corrected chi connectivity index (χ0v) is 59.1. The summed E-state index contributed by atoms with van der Waals surface area (Å²) >= 11 is 5.99. The number of aliphatic hydroxyl groups is 2. The largest absolute Gasteiger partial charge is 1.00 e. The van der Waals surface area contributed by atoms with Gasteiger partial charge in [-0.15, -0.1) is 24.4 Å². The number of thioether (sulfide) groups is 1. The second kappa shape index (κ2) is 30.7. The summed E-state index contributed by atoms with van der Waals surface area (Å²) in [4.78, 5) is 13.2. The number of fused-ring (bicyclic) bond motifs is 2. The predicted octanol–water partition coefficient (Wildman–Crippen LogP) is 3.82. The van der Waals surface area contributed by atoms with E-state index in [1.54, 1.807) is 40.6 Å². The number of ether oxygens (including phenoxy) is 4. The zero-order valence-electron chi connectivity index (χ0n) is 45.0. The monoisotopic (exact) mass is 1250 g/mol. The second-order valence-corrected chi connectivity index (χ2v) is 23.8. The van der Waals surface area contributed by atoms with Gasteiger partial charge in [0.05, 0.1) is 58.6 Å². The fraction of sp³-hybridized carbons (Fsp3) is 0.720. The Morgan fingerprint density at radius 3 is 1.44 bits per heavy atom. The molecule has 2 aromatic carbocycles. The molecule has 0 radical (unpaired) electrons. The summed E-state index contributed by atoms with van der Waals surface area (Å²) in [6, 6.07) is 13.2. The third-order valence-electron chi connectivity index (χ3n) is 15.1. The first-order valence-electron chi connectivity index (χ1n) is 22.7. The van der Waals surface area contributed by atoms with Crippen LogP contribution in [0.2, 0.25) is 0 Å². The molecule has 0 amide bonds. The standard InChI is InChI=1S/C23H36O3S.C16H30O4S.C8H10O2S.C2H3N.CH2O3.2Cs.H/c1-21(2)9-7-10-22(3)19(21)8-11-23(4,24)20(22)15-27-18-13-16(25-5)12-17(14-18)26-6;1-14(2)8-6-9-15(3)12(14)7-10-16(4,17)13(15)11-20-21(5,18)19;1-9-6-3-7(10-2)5-8(11)4-6;1-2-3;2-1-4-3;;;/h12-14,19-20,24H,7-11,15H2,1-6H3;12-13,17H,6-11H2,1-5H3;3-5,11H,1-2H3;1H3;1,3H;;;/q;;;;;2*+1;-1/p-1/t19?,20-,22+,23-;12?,13-,15+,16-;;;;;;/m11....../s1. The van der Waals surface area contributed by atoms with E-state index in [0.717, 1.165) is 76.9 Å². The van der Waals surface area contributed by atoms with Crippen LogP contribution in [-0.4, -0.2) is 83.4 Å². The van der Waals surface area contributed by atoms with Gasteiger partial charge in [0.2, 0.25) is 0 Å². The number of hydrogen-bond donors (Lipinski definition) is 3. The maximum absolute atomic E-state index is 11.4. The first-order valence-corrected chi connectivity index (χ1v) is 25.9. The molecule has 6 rings (SSSR count). The molecule has 0 aliphatic heterocycles. The molecular weight excluding hydrogens is 1170 g/mol. The van der Waals surface area contributed by atoms with Crippen LogP contribution in [0.15, 0.2) is 46.2 Å². The normalized spacial score (nSPS) is 29.4. The number of hydrogen-bond acceptors (Lipinski definition) is 15. The van der Waals surface area contributed by atoms with Crippen LogP contribution < -0.4 is 162 Å². The van der Waals surface area contributed by atoms with Crippen LogP contribution in [0.4, 0.5) is 0 Å². The van der Waals surface area contributed by atoms with E-state index in [1.807, 2.05) is 36.9 Å². The van der Waals surface area contributed by atoms with Gasteiger partial charge in [0.25, 0.3) is 16.6 Å². The van der Waals surface area contributed by atoms with Gasteiger partial charge in [0.15, 0.2) is 0 Å².